The molecule has 0 atom stereocenters. The molecule has 0 aliphatic carbocycles. The van der Waals surface area contributed by atoms with Crippen molar-refractivity contribution < 1.29 is 0 Å². The van der Waals surface area contributed by atoms with Gasteiger partial charge in [0, 0.05) is 19.8 Å². The lowest BCUT2D eigenvalue weighted by Gasteiger charge is -2.11. The maximum absolute atomic E-state index is 9.05. The third kappa shape index (κ3) is 2.29. The summed E-state index contributed by atoms with van der Waals surface area (Å²) in [5.74, 6) is 1.40. The van der Waals surface area contributed by atoms with Crippen molar-refractivity contribution >= 4 is 11.0 Å². The monoisotopic (exact) mass is 279 g/mol. The van der Waals surface area contributed by atoms with Gasteiger partial charge in [-0.1, -0.05) is 13.8 Å². The van der Waals surface area contributed by atoms with Crippen LogP contribution in [0, 0.1) is 17.2 Å². The predicted octanol–water partition coefficient (Wildman–Crippen LogP) is 2.96. The molecule has 0 saturated carbocycles. The maximum Gasteiger partial charge on any atom is 0.159 e. The Labute approximate surface area is 123 Å². The standard InChI is InChI=1S/C16H17N5/c1-11(2)10-21-14-5-4-12(9-17)8-13(14)19-16(21)15-6-7-18-20(15)3/h4-8,11H,10H2,1-3H3. The largest absolute Gasteiger partial charge is 0.322 e. The first kappa shape index (κ1) is 13.4. The van der Waals surface area contributed by atoms with Gasteiger partial charge in [0.25, 0.3) is 0 Å². The molecule has 21 heavy (non-hydrogen) atoms. The quantitative estimate of drug-likeness (QED) is 0.740. The molecule has 0 bridgehead atoms. The minimum absolute atomic E-state index is 0.505. The second kappa shape index (κ2) is 5.06. The van der Waals surface area contributed by atoms with Gasteiger partial charge in [0.1, 0.15) is 5.69 Å². The van der Waals surface area contributed by atoms with E-state index in [1.807, 2.05) is 36.0 Å². The Kier molecular flexibility index (Phi) is 3.22. The van der Waals surface area contributed by atoms with Crippen molar-refractivity contribution in [1.82, 2.24) is 19.3 Å². The first-order valence-corrected chi connectivity index (χ1v) is 6.99. The fraction of sp³-hybridized carbons (Fsp3) is 0.312. The van der Waals surface area contributed by atoms with E-state index in [2.05, 4.69) is 29.6 Å². The van der Waals surface area contributed by atoms with Gasteiger partial charge in [-0.05, 0) is 30.2 Å². The van der Waals surface area contributed by atoms with Gasteiger partial charge in [0.15, 0.2) is 5.82 Å². The highest BCUT2D eigenvalue weighted by Crippen LogP contribution is 2.26. The Morgan fingerprint density at radius 2 is 2.10 bits per heavy atom. The van der Waals surface area contributed by atoms with Crippen LogP contribution in [-0.4, -0.2) is 19.3 Å². The molecule has 0 unspecified atom stereocenters. The molecular formula is C16H17N5. The zero-order chi connectivity index (χ0) is 15.0. The molecule has 5 heteroatoms. The van der Waals surface area contributed by atoms with E-state index in [1.165, 1.54) is 0 Å². The van der Waals surface area contributed by atoms with Crippen LogP contribution in [0.15, 0.2) is 30.5 Å². The van der Waals surface area contributed by atoms with E-state index in [0.717, 1.165) is 29.1 Å². The number of nitrogens with zero attached hydrogens (tertiary/aromatic N) is 5. The molecule has 0 aliphatic heterocycles. The number of nitriles is 1. The van der Waals surface area contributed by atoms with Crippen molar-refractivity contribution in [1.29, 1.82) is 5.26 Å². The van der Waals surface area contributed by atoms with Crippen LogP contribution in [-0.2, 0) is 13.6 Å². The number of aryl methyl sites for hydroxylation is 1. The second-order valence-electron chi connectivity index (χ2n) is 5.60. The van der Waals surface area contributed by atoms with Crippen LogP contribution < -0.4 is 0 Å². The molecule has 1 aromatic carbocycles. The number of imidazole rings is 1. The molecule has 0 fully saturated rings. The number of fused-ring (bicyclic) bond motifs is 1. The molecule has 0 aliphatic rings. The smallest absolute Gasteiger partial charge is 0.159 e. The van der Waals surface area contributed by atoms with E-state index in [4.69, 9.17) is 10.2 Å². The molecule has 106 valence electrons. The lowest BCUT2D eigenvalue weighted by molar-refractivity contribution is 0.535. The summed E-state index contributed by atoms with van der Waals surface area (Å²) in [6.45, 7) is 5.24. The summed E-state index contributed by atoms with van der Waals surface area (Å²) in [5.41, 5.74) is 3.52. The summed E-state index contributed by atoms with van der Waals surface area (Å²) < 4.78 is 4.03. The van der Waals surface area contributed by atoms with Gasteiger partial charge in [0.2, 0.25) is 0 Å². The van der Waals surface area contributed by atoms with Crippen LogP contribution in [0.3, 0.4) is 0 Å². The van der Waals surface area contributed by atoms with Crippen molar-refractivity contribution in [2.45, 2.75) is 20.4 Å². The van der Waals surface area contributed by atoms with Gasteiger partial charge in [-0.2, -0.15) is 10.4 Å². The van der Waals surface area contributed by atoms with E-state index in [-0.39, 0.29) is 0 Å². The third-order valence-electron chi connectivity index (χ3n) is 3.48. The highest BCUT2D eigenvalue weighted by atomic mass is 15.3. The van der Waals surface area contributed by atoms with Crippen LogP contribution in [0.4, 0.5) is 0 Å². The van der Waals surface area contributed by atoms with Gasteiger partial charge >= 0.3 is 0 Å². The average Bonchev–Trinajstić information content (AvgIpc) is 3.02. The van der Waals surface area contributed by atoms with Gasteiger partial charge in [0.05, 0.1) is 22.7 Å². The van der Waals surface area contributed by atoms with E-state index in [1.54, 1.807) is 6.20 Å². The van der Waals surface area contributed by atoms with E-state index in [0.29, 0.717) is 11.5 Å². The SMILES string of the molecule is CC(C)Cn1c(-c2ccnn2C)nc2cc(C#N)ccc21. The Morgan fingerprint density at radius 3 is 2.71 bits per heavy atom. The highest BCUT2D eigenvalue weighted by molar-refractivity contribution is 5.81. The van der Waals surface area contributed by atoms with Crippen LogP contribution >= 0.6 is 0 Å². The first-order valence-electron chi connectivity index (χ1n) is 6.99. The van der Waals surface area contributed by atoms with Crippen LogP contribution in [0.1, 0.15) is 19.4 Å². The molecular weight excluding hydrogens is 262 g/mol. The summed E-state index contributed by atoms with van der Waals surface area (Å²) in [7, 11) is 1.91. The molecule has 2 heterocycles. The Hall–Kier alpha value is -2.61. The summed E-state index contributed by atoms with van der Waals surface area (Å²) in [4.78, 5) is 4.73. The van der Waals surface area contributed by atoms with Gasteiger partial charge < -0.3 is 4.57 Å². The summed E-state index contributed by atoms with van der Waals surface area (Å²) in [6, 6.07) is 9.79. The average molecular weight is 279 g/mol. The van der Waals surface area contributed by atoms with Crippen molar-refractivity contribution in [3.8, 4) is 17.6 Å². The van der Waals surface area contributed by atoms with Crippen LogP contribution in [0.25, 0.3) is 22.6 Å². The van der Waals surface area contributed by atoms with E-state index >= 15 is 0 Å². The van der Waals surface area contributed by atoms with Crippen LogP contribution in [0.2, 0.25) is 0 Å². The van der Waals surface area contributed by atoms with Crippen molar-refractivity contribution in [3.05, 3.63) is 36.0 Å². The van der Waals surface area contributed by atoms with Gasteiger partial charge in [-0.3, -0.25) is 4.68 Å². The number of rotatable bonds is 3. The molecule has 3 rings (SSSR count). The number of hydrogen-bond acceptors (Lipinski definition) is 3. The Balaban J connectivity index is 2.27. The molecule has 3 aromatic rings. The summed E-state index contributed by atoms with van der Waals surface area (Å²) in [6.07, 6.45) is 1.77. The Morgan fingerprint density at radius 1 is 1.29 bits per heavy atom. The van der Waals surface area contributed by atoms with Gasteiger partial charge in [-0.15, -0.1) is 0 Å². The van der Waals surface area contributed by atoms with Crippen LogP contribution in [0.5, 0.6) is 0 Å². The normalized spacial score (nSPS) is 11.2. The lowest BCUT2D eigenvalue weighted by Crippen LogP contribution is -2.08. The molecule has 0 N–H and O–H groups in total. The minimum Gasteiger partial charge on any atom is -0.322 e. The molecule has 0 amide bonds. The molecule has 5 nitrogen and oxygen atoms in total. The highest BCUT2D eigenvalue weighted by Gasteiger charge is 2.16. The van der Waals surface area contributed by atoms with E-state index < -0.39 is 0 Å². The zero-order valence-electron chi connectivity index (χ0n) is 12.4. The fourth-order valence-electron chi connectivity index (χ4n) is 2.54. The number of benzene rings is 1. The minimum atomic E-state index is 0.505. The van der Waals surface area contributed by atoms with Crippen molar-refractivity contribution in [3.63, 3.8) is 0 Å². The topological polar surface area (TPSA) is 59.4 Å². The summed E-state index contributed by atoms with van der Waals surface area (Å²) in [5, 5.41) is 13.3. The Bertz CT molecular complexity index is 832. The molecule has 0 spiro atoms. The lowest BCUT2D eigenvalue weighted by atomic mass is 10.2. The fourth-order valence-corrected chi connectivity index (χ4v) is 2.54. The summed E-state index contributed by atoms with van der Waals surface area (Å²) >= 11 is 0. The molecule has 2 aromatic heterocycles. The predicted molar refractivity (Wildman–Crippen MR) is 81.5 cm³/mol. The number of hydrogen-bond donors (Lipinski definition) is 0. The van der Waals surface area contributed by atoms with Crippen molar-refractivity contribution in [2.24, 2.45) is 13.0 Å². The van der Waals surface area contributed by atoms with Crippen molar-refractivity contribution in [2.75, 3.05) is 0 Å². The molecule has 0 radical (unpaired) electrons. The zero-order valence-corrected chi connectivity index (χ0v) is 12.4. The second-order valence-corrected chi connectivity index (χ2v) is 5.60. The van der Waals surface area contributed by atoms with Gasteiger partial charge in [-0.25, -0.2) is 4.98 Å². The first-order chi connectivity index (χ1) is 10.1. The van der Waals surface area contributed by atoms with E-state index in [9.17, 15) is 0 Å². The number of aromatic nitrogens is 4. The molecule has 0 saturated heterocycles. The third-order valence-corrected chi connectivity index (χ3v) is 3.48. The maximum atomic E-state index is 9.05.